The van der Waals surface area contributed by atoms with Gasteiger partial charge in [-0.15, -0.1) is 22.7 Å². The Kier molecular flexibility index (Phi) is 4.13. The maximum Gasteiger partial charge on any atom is 0.0454 e. The molecule has 0 radical (unpaired) electrons. The van der Waals surface area contributed by atoms with Gasteiger partial charge in [0.2, 0.25) is 0 Å². The highest BCUT2D eigenvalue weighted by atomic mass is 35.5. The second-order valence-electron chi connectivity index (χ2n) is 4.94. The standard InChI is InChI=1S/C16H16ClNS2/c1-10-3-4-11(12(17)7-10)8-13(18-2)15-9-16-14(20-15)5-6-19-16/h3-7,9,13,18H,8H2,1-2H3. The second-order valence-corrected chi connectivity index (χ2v) is 7.41. The van der Waals surface area contributed by atoms with E-state index in [1.807, 2.05) is 24.5 Å². The Labute approximate surface area is 132 Å². The van der Waals surface area contributed by atoms with Crippen molar-refractivity contribution in [3.05, 3.63) is 56.7 Å². The molecular formula is C16H16ClNS2. The molecule has 2 heterocycles. The van der Waals surface area contributed by atoms with Gasteiger partial charge in [0.15, 0.2) is 0 Å². The molecule has 1 unspecified atom stereocenters. The van der Waals surface area contributed by atoms with E-state index in [2.05, 4.69) is 41.9 Å². The fourth-order valence-electron chi connectivity index (χ4n) is 2.34. The summed E-state index contributed by atoms with van der Waals surface area (Å²) < 4.78 is 2.75. The van der Waals surface area contributed by atoms with Gasteiger partial charge in [0.1, 0.15) is 0 Å². The van der Waals surface area contributed by atoms with Crippen molar-refractivity contribution in [3.63, 3.8) is 0 Å². The van der Waals surface area contributed by atoms with Crippen molar-refractivity contribution in [2.45, 2.75) is 19.4 Å². The quantitative estimate of drug-likeness (QED) is 0.675. The highest BCUT2D eigenvalue weighted by Crippen LogP contribution is 2.35. The molecule has 0 fully saturated rings. The summed E-state index contributed by atoms with van der Waals surface area (Å²) in [6.45, 7) is 2.07. The Bertz CT molecular complexity index is 700. The van der Waals surface area contributed by atoms with Gasteiger partial charge >= 0.3 is 0 Å². The predicted molar refractivity (Wildman–Crippen MR) is 91.4 cm³/mol. The maximum atomic E-state index is 6.35. The number of rotatable bonds is 4. The van der Waals surface area contributed by atoms with Crippen LogP contribution in [0.3, 0.4) is 0 Å². The molecule has 3 rings (SSSR count). The third-order valence-electron chi connectivity index (χ3n) is 3.48. The number of hydrogen-bond acceptors (Lipinski definition) is 3. The highest BCUT2D eigenvalue weighted by molar-refractivity contribution is 7.26. The summed E-state index contributed by atoms with van der Waals surface area (Å²) >= 11 is 10.0. The van der Waals surface area contributed by atoms with Crippen LogP contribution in [0.15, 0.2) is 35.7 Å². The number of likely N-dealkylation sites (N-methyl/N-ethyl adjacent to an activating group) is 1. The maximum absolute atomic E-state index is 6.35. The fourth-order valence-corrected chi connectivity index (χ4v) is 4.88. The molecule has 0 spiro atoms. The van der Waals surface area contributed by atoms with Crippen LogP contribution in [0.1, 0.15) is 22.0 Å². The lowest BCUT2D eigenvalue weighted by Crippen LogP contribution is -2.17. The molecule has 0 amide bonds. The van der Waals surface area contributed by atoms with Crippen LogP contribution in [0, 0.1) is 6.92 Å². The first kappa shape index (κ1) is 14.1. The minimum Gasteiger partial charge on any atom is -0.312 e. The zero-order valence-electron chi connectivity index (χ0n) is 11.4. The van der Waals surface area contributed by atoms with E-state index in [0.29, 0.717) is 6.04 Å². The van der Waals surface area contributed by atoms with Crippen molar-refractivity contribution in [2.75, 3.05) is 7.05 Å². The summed E-state index contributed by atoms with van der Waals surface area (Å²) in [6, 6.07) is 11.1. The van der Waals surface area contributed by atoms with E-state index in [-0.39, 0.29) is 0 Å². The number of aryl methyl sites for hydroxylation is 1. The van der Waals surface area contributed by atoms with E-state index in [4.69, 9.17) is 11.6 Å². The van der Waals surface area contributed by atoms with E-state index in [9.17, 15) is 0 Å². The van der Waals surface area contributed by atoms with Crippen LogP contribution < -0.4 is 5.32 Å². The summed E-state index contributed by atoms with van der Waals surface area (Å²) in [6.07, 6.45) is 0.920. The van der Waals surface area contributed by atoms with E-state index >= 15 is 0 Å². The van der Waals surface area contributed by atoms with Crippen molar-refractivity contribution in [1.29, 1.82) is 0 Å². The topological polar surface area (TPSA) is 12.0 Å². The molecule has 1 atom stereocenters. The molecule has 20 heavy (non-hydrogen) atoms. The Balaban J connectivity index is 1.88. The number of benzene rings is 1. The SMILES string of the molecule is CNC(Cc1ccc(C)cc1Cl)c1cc2sccc2s1. The van der Waals surface area contributed by atoms with Crippen LogP contribution in [-0.4, -0.2) is 7.05 Å². The highest BCUT2D eigenvalue weighted by Gasteiger charge is 2.15. The van der Waals surface area contributed by atoms with Crippen molar-refractivity contribution >= 4 is 43.7 Å². The Morgan fingerprint density at radius 3 is 2.75 bits per heavy atom. The van der Waals surface area contributed by atoms with Gasteiger partial charge < -0.3 is 5.32 Å². The third-order valence-corrected chi connectivity index (χ3v) is 6.04. The average Bonchev–Trinajstić information content (AvgIpc) is 2.98. The van der Waals surface area contributed by atoms with Gasteiger partial charge in [-0.25, -0.2) is 0 Å². The normalized spacial score (nSPS) is 12.9. The summed E-state index contributed by atoms with van der Waals surface area (Å²) in [5.41, 5.74) is 2.41. The van der Waals surface area contributed by atoms with Crippen LogP contribution in [0.25, 0.3) is 9.40 Å². The van der Waals surface area contributed by atoms with Gasteiger partial charge in [-0.2, -0.15) is 0 Å². The Morgan fingerprint density at radius 2 is 2.05 bits per heavy atom. The fraction of sp³-hybridized carbons (Fsp3) is 0.250. The van der Waals surface area contributed by atoms with Crippen molar-refractivity contribution < 1.29 is 0 Å². The van der Waals surface area contributed by atoms with Gasteiger partial charge in [-0.05, 0) is 55.1 Å². The zero-order valence-corrected chi connectivity index (χ0v) is 13.8. The monoisotopic (exact) mass is 321 g/mol. The third kappa shape index (κ3) is 2.77. The molecule has 0 aliphatic carbocycles. The van der Waals surface area contributed by atoms with E-state index in [0.717, 1.165) is 11.4 Å². The van der Waals surface area contributed by atoms with Crippen molar-refractivity contribution in [3.8, 4) is 0 Å². The number of nitrogens with one attached hydrogen (secondary N) is 1. The van der Waals surface area contributed by atoms with Gasteiger partial charge in [-0.1, -0.05) is 23.7 Å². The molecule has 4 heteroatoms. The number of hydrogen-bond donors (Lipinski definition) is 1. The molecule has 0 saturated carbocycles. The van der Waals surface area contributed by atoms with Crippen LogP contribution >= 0.6 is 34.3 Å². The van der Waals surface area contributed by atoms with Crippen LogP contribution in [0.2, 0.25) is 5.02 Å². The molecule has 2 aromatic heterocycles. The summed E-state index contributed by atoms with van der Waals surface area (Å²) in [5, 5.41) is 6.43. The molecule has 0 saturated heterocycles. The minimum absolute atomic E-state index is 0.319. The summed E-state index contributed by atoms with van der Waals surface area (Å²) in [5.74, 6) is 0. The molecule has 0 bridgehead atoms. The molecule has 0 aliphatic heterocycles. The molecule has 104 valence electrons. The van der Waals surface area contributed by atoms with Gasteiger partial charge in [0.25, 0.3) is 0 Å². The lowest BCUT2D eigenvalue weighted by Gasteiger charge is -2.15. The smallest absolute Gasteiger partial charge is 0.0454 e. The van der Waals surface area contributed by atoms with E-state index < -0.39 is 0 Å². The zero-order chi connectivity index (χ0) is 14.1. The molecule has 1 aromatic carbocycles. The number of thiophene rings is 2. The lowest BCUT2D eigenvalue weighted by atomic mass is 10.0. The van der Waals surface area contributed by atoms with Gasteiger partial charge in [0, 0.05) is 25.3 Å². The first-order valence-electron chi connectivity index (χ1n) is 6.56. The predicted octanol–water partition coefficient (Wildman–Crippen LogP) is 5.43. The second kappa shape index (κ2) is 5.86. The molecule has 1 N–H and O–H groups in total. The van der Waals surface area contributed by atoms with E-state index in [1.54, 1.807) is 11.3 Å². The molecule has 0 aliphatic rings. The van der Waals surface area contributed by atoms with Crippen LogP contribution in [0.5, 0.6) is 0 Å². The number of halogens is 1. The first-order chi connectivity index (χ1) is 9.67. The van der Waals surface area contributed by atoms with Gasteiger partial charge in [-0.3, -0.25) is 0 Å². The molecule has 3 aromatic rings. The Morgan fingerprint density at radius 1 is 1.20 bits per heavy atom. The lowest BCUT2D eigenvalue weighted by molar-refractivity contribution is 0.602. The number of fused-ring (bicyclic) bond motifs is 1. The van der Waals surface area contributed by atoms with Crippen molar-refractivity contribution in [2.24, 2.45) is 0 Å². The summed E-state index contributed by atoms with van der Waals surface area (Å²) in [7, 11) is 2.01. The van der Waals surface area contributed by atoms with Crippen LogP contribution in [-0.2, 0) is 6.42 Å². The average molecular weight is 322 g/mol. The Hall–Kier alpha value is -0.870. The summed E-state index contributed by atoms with van der Waals surface area (Å²) in [4.78, 5) is 1.38. The minimum atomic E-state index is 0.319. The first-order valence-corrected chi connectivity index (χ1v) is 8.64. The largest absolute Gasteiger partial charge is 0.312 e. The van der Waals surface area contributed by atoms with Crippen LogP contribution in [0.4, 0.5) is 0 Å². The molecule has 1 nitrogen and oxygen atoms in total. The van der Waals surface area contributed by atoms with Crippen molar-refractivity contribution in [1.82, 2.24) is 5.32 Å². The molecular weight excluding hydrogens is 306 g/mol. The van der Waals surface area contributed by atoms with Gasteiger partial charge in [0.05, 0.1) is 0 Å². The van der Waals surface area contributed by atoms with E-state index in [1.165, 1.54) is 25.4 Å².